The number of aromatic amines is 1. The van der Waals surface area contributed by atoms with Crippen LogP contribution in [0.3, 0.4) is 0 Å². The maximum atomic E-state index is 13.3. The number of nitrogens with one attached hydrogen (secondary N) is 1. The predicted molar refractivity (Wildman–Crippen MR) is 55.9 cm³/mol. The molecule has 0 aliphatic heterocycles. The zero-order valence-electron chi connectivity index (χ0n) is 8.58. The Bertz CT molecular complexity index is 547. The second-order valence-electron chi connectivity index (χ2n) is 3.23. The molecule has 0 aliphatic carbocycles. The van der Waals surface area contributed by atoms with Crippen LogP contribution in [-0.2, 0) is 4.74 Å². The zero-order chi connectivity index (χ0) is 11.7. The highest BCUT2D eigenvalue weighted by Crippen LogP contribution is 2.30. The van der Waals surface area contributed by atoms with Gasteiger partial charge in [0.2, 0.25) is 0 Å². The lowest BCUT2D eigenvalue weighted by Gasteiger charge is -1.98. The summed E-state index contributed by atoms with van der Waals surface area (Å²) in [6.45, 7) is 1.84. The molecular formula is C11H10FNO3. The summed E-state index contributed by atoms with van der Waals surface area (Å²) in [4.78, 5) is 13.9. The molecule has 1 heterocycles. The lowest BCUT2D eigenvalue weighted by atomic mass is 10.2. The van der Waals surface area contributed by atoms with Crippen molar-refractivity contribution < 1.29 is 19.0 Å². The fourth-order valence-corrected chi connectivity index (χ4v) is 1.52. The van der Waals surface area contributed by atoms with Crippen molar-refractivity contribution in [3.05, 3.63) is 29.7 Å². The van der Waals surface area contributed by atoms with Crippen LogP contribution in [-0.4, -0.2) is 22.7 Å². The fourth-order valence-electron chi connectivity index (χ4n) is 1.52. The number of carbonyl (C=O) groups excluding carboxylic acids is 1. The third-order valence-electron chi connectivity index (χ3n) is 2.24. The summed E-state index contributed by atoms with van der Waals surface area (Å²) in [6.07, 6.45) is 0. The summed E-state index contributed by atoms with van der Waals surface area (Å²) in [5.41, 5.74) is -0.0231. The number of fused-ring (bicyclic) bond motifs is 1. The van der Waals surface area contributed by atoms with E-state index in [4.69, 9.17) is 4.74 Å². The van der Waals surface area contributed by atoms with E-state index in [2.05, 4.69) is 4.98 Å². The van der Waals surface area contributed by atoms with Gasteiger partial charge in [0.25, 0.3) is 0 Å². The number of aromatic nitrogens is 1. The van der Waals surface area contributed by atoms with Crippen molar-refractivity contribution >= 4 is 16.9 Å². The molecule has 0 atom stereocenters. The minimum Gasteiger partial charge on any atom is -0.505 e. The molecule has 2 N–H and O–H groups in total. The summed E-state index contributed by atoms with van der Waals surface area (Å²) in [5.74, 6) is -1.51. The van der Waals surface area contributed by atoms with Crippen LogP contribution in [0.25, 0.3) is 10.9 Å². The predicted octanol–water partition coefficient (Wildman–Crippen LogP) is 2.19. The van der Waals surface area contributed by atoms with E-state index in [0.29, 0.717) is 0 Å². The number of halogens is 1. The van der Waals surface area contributed by atoms with Crippen molar-refractivity contribution in [2.75, 3.05) is 6.61 Å². The van der Waals surface area contributed by atoms with E-state index >= 15 is 0 Å². The van der Waals surface area contributed by atoms with Crippen LogP contribution in [0.4, 0.5) is 4.39 Å². The van der Waals surface area contributed by atoms with Gasteiger partial charge >= 0.3 is 5.97 Å². The molecule has 0 saturated carbocycles. The van der Waals surface area contributed by atoms with Crippen molar-refractivity contribution in [2.24, 2.45) is 0 Å². The van der Waals surface area contributed by atoms with Crippen LogP contribution in [0.2, 0.25) is 0 Å². The van der Waals surface area contributed by atoms with Crippen molar-refractivity contribution in [2.45, 2.75) is 6.92 Å². The van der Waals surface area contributed by atoms with Gasteiger partial charge in [-0.2, -0.15) is 0 Å². The lowest BCUT2D eigenvalue weighted by Crippen LogP contribution is -2.04. The first-order valence-electron chi connectivity index (χ1n) is 4.81. The third kappa shape index (κ3) is 1.50. The molecule has 0 spiro atoms. The molecule has 5 heteroatoms. The molecule has 0 unspecified atom stereocenters. The first-order chi connectivity index (χ1) is 7.65. The number of benzene rings is 1. The van der Waals surface area contributed by atoms with Gasteiger partial charge in [-0.15, -0.1) is 0 Å². The fraction of sp³-hybridized carbons (Fsp3) is 0.182. The van der Waals surface area contributed by atoms with Crippen LogP contribution in [0.5, 0.6) is 5.75 Å². The Kier molecular flexibility index (Phi) is 2.52. The average molecular weight is 223 g/mol. The number of carbonyl (C=O) groups is 1. The minimum atomic E-state index is -0.699. The van der Waals surface area contributed by atoms with Crippen molar-refractivity contribution in [3.8, 4) is 5.75 Å². The molecule has 0 bridgehead atoms. The normalized spacial score (nSPS) is 10.6. The van der Waals surface area contributed by atoms with E-state index in [0.717, 1.165) is 0 Å². The van der Waals surface area contributed by atoms with Crippen LogP contribution in [0.1, 0.15) is 17.4 Å². The number of ether oxygens (including phenoxy) is 1. The molecule has 0 amide bonds. The highest BCUT2D eigenvalue weighted by atomic mass is 19.1. The highest BCUT2D eigenvalue weighted by Gasteiger charge is 2.19. The molecule has 2 rings (SSSR count). The highest BCUT2D eigenvalue weighted by molar-refractivity contribution is 6.00. The van der Waals surface area contributed by atoms with Crippen LogP contribution >= 0.6 is 0 Å². The van der Waals surface area contributed by atoms with Gasteiger partial charge in [0.05, 0.1) is 12.1 Å². The Labute approximate surface area is 90.7 Å². The van der Waals surface area contributed by atoms with E-state index in [9.17, 15) is 14.3 Å². The number of aromatic hydroxyl groups is 1. The largest absolute Gasteiger partial charge is 0.505 e. The van der Waals surface area contributed by atoms with Gasteiger partial charge in [0.1, 0.15) is 5.82 Å². The van der Waals surface area contributed by atoms with Gasteiger partial charge in [-0.3, -0.25) is 0 Å². The van der Waals surface area contributed by atoms with Crippen molar-refractivity contribution in [3.63, 3.8) is 0 Å². The van der Waals surface area contributed by atoms with Crippen molar-refractivity contribution in [1.29, 1.82) is 0 Å². The van der Waals surface area contributed by atoms with Gasteiger partial charge in [-0.25, -0.2) is 9.18 Å². The Morgan fingerprint density at radius 1 is 1.56 bits per heavy atom. The topological polar surface area (TPSA) is 62.3 Å². The Morgan fingerprint density at radius 3 is 2.94 bits per heavy atom. The smallest absolute Gasteiger partial charge is 0.358 e. The standard InChI is InChI=1S/C11H10FNO3/c1-2-16-11(15)9-10(14)6-4-3-5-7(12)8(6)13-9/h3-5,13-14H,2H2,1H3. The summed E-state index contributed by atoms with van der Waals surface area (Å²) in [5, 5.41) is 9.98. The van der Waals surface area contributed by atoms with E-state index in [-0.39, 0.29) is 29.0 Å². The van der Waals surface area contributed by atoms with E-state index < -0.39 is 11.8 Å². The Hall–Kier alpha value is -2.04. The van der Waals surface area contributed by atoms with Gasteiger partial charge < -0.3 is 14.8 Å². The van der Waals surface area contributed by atoms with Gasteiger partial charge in [0.15, 0.2) is 11.4 Å². The summed E-state index contributed by atoms with van der Waals surface area (Å²) < 4.78 is 18.1. The Balaban J connectivity index is 2.60. The minimum absolute atomic E-state index is 0.100. The van der Waals surface area contributed by atoms with Crippen LogP contribution in [0, 0.1) is 5.82 Å². The molecule has 0 aliphatic rings. The average Bonchev–Trinajstić information content (AvgIpc) is 2.59. The van der Waals surface area contributed by atoms with Gasteiger partial charge in [-0.05, 0) is 19.1 Å². The molecule has 16 heavy (non-hydrogen) atoms. The maximum Gasteiger partial charge on any atom is 0.358 e. The number of para-hydroxylation sites is 1. The molecule has 0 radical (unpaired) electrons. The SMILES string of the molecule is CCOC(=O)c1[nH]c2c(F)cccc2c1O. The van der Waals surface area contributed by atoms with Gasteiger partial charge in [0, 0.05) is 5.39 Å². The number of hydrogen-bond donors (Lipinski definition) is 2. The molecule has 1 aromatic heterocycles. The van der Waals surface area contributed by atoms with Gasteiger partial charge in [-0.1, -0.05) is 6.07 Å². The zero-order valence-corrected chi connectivity index (χ0v) is 8.58. The molecule has 84 valence electrons. The first kappa shape index (κ1) is 10.5. The Morgan fingerprint density at radius 2 is 2.31 bits per heavy atom. The molecule has 0 saturated heterocycles. The van der Waals surface area contributed by atoms with Crippen molar-refractivity contribution in [1.82, 2.24) is 4.98 Å². The lowest BCUT2D eigenvalue weighted by molar-refractivity contribution is 0.0517. The molecule has 1 aromatic carbocycles. The molecular weight excluding hydrogens is 213 g/mol. The molecule has 2 aromatic rings. The van der Waals surface area contributed by atoms with E-state index in [1.807, 2.05) is 0 Å². The summed E-state index contributed by atoms with van der Waals surface area (Å²) >= 11 is 0. The number of hydrogen-bond acceptors (Lipinski definition) is 3. The summed E-state index contributed by atoms with van der Waals surface area (Å²) in [6, 6.07) is 4.22. The number of rotatable bonds is 2. The summed E-state index contributed by atoms with van der Waals surface area (Å²) in [7, 11) is 0. The quantitative estimate of drug-likeness (QED) is 0.767. The maximum absolute atomic E-state index is 13.3. The third-order valence-corrected chi connectivity index (χ3v) is 2.24. The second kappa shape index (κ2) is 3.84. The first-order valence-corrected chi connectivity index (χ1v) is 4.81. The van der Waals surface area contributed by atoms with E-state index in [1.165, 1.54) is 18.2 Å². The van der Waals surface area contributed by atoms with Crippen LogP contribution < -0.4 is 0 Å². The van der Waals surface area contributed by atoms with E-state index in [1.54, 1.807) is 6.92 Å². The second-order valence-corrected chi connectivity index (χ2v) is 3.23. The number of esters is 1. The van der Waals surface area contributed by atoms with Crippen LogP contribution in [0.15, 0.2) is 18.2 Å². The number of H-pyrrole nitrogens is 1. The molecule has 4 nitrogen and oxygen atoms in total. The molecule has 0 fully saturated rings. The monoisotopic (exact) mass is 223 g/mol.